The van der Waals surface area contributed by atoms with E-state index in [9.17, 15) is 14.4 Å². The van der Waals surface area contributed by atoms with Gasteiger partial charge < -0.3 is 20.3 Å². The van der Waals surface area contributed by atoms with Crippen molar-refractivity contribution in [2.24, 2.45) is 0 Å². The first-order valence-corrected chi connectivity index (χ1v) is 10.6. The number of rotatable bonds is 9. The van der Waals surface area contributed by atoms with E-state index in [2.05, 4.69) is 16.6 Å². The molecule has 1 unspecified atom stereocenters. The van der Waals surface area contributed by atoms with E-state index in [-0.39, 0.29) is 18.5 Å². The van der Waals surface area contributed by atoms with Crippen LogP contribution in [-0.2, 0) is 14.3 Å². The quantitative estimate of drug-likeness (QED) is 0.589. The minimum atomic E-state index is -0.908. The molecule has 2 N–H and O–H groups in total. The van der Waals surface area contributed by atoms with E-state index >= 15 is 0 Å². The molecule has 0 bridgehead atoms. The summed E-state index contributed by atoms with van der Waals surface area (Å²) in [4.78, 5) is 39.8. The van der Waals surface area contributed by atoms with Crippen LogP contribution in [0.15, 0.2) is 24.3 Å². The van der Waals surface area contributed by atoms with Crippen molar-refractivity contribution >= 4 is 17.9 Å². The van der Waals surface area contributed by atoms with E-state index in [1.165, 1.54) is 4.90 Å². The van der Waals surface area contributed by atoms with Crippen molar-refractivity contribution in [1.82, 2.24) is 15.5 Å². The lowest BCUT2D eigenvalue weighted by Crippen LogP contribution is -2.49. The number of carbonyl (C=O) groups excluding carboxylic acids is 3. The SMILES string of the molecule is C#Cc1ccccc1C(C(=O)NC(C)C)N(CCCC)C(=O)CNC(=O)OC(C)(C)C. The first-order valence-electron chi connectivity index (χ1n) is 10.6. The Morgan fingerprint density at radius 2 is 1.84 bits per heavy atom. The fourth-order valence-electron chi connectivity index (χ4n) is 2.97. The lowest BCUT2D eigenvalue weighted by molar-refractivity contribution is -0.140. The first kappa shape index (κ1) is 26.0. The van der Waals surface area contributed by atoms with Crippen LogP contribution < -0.4 is 10.6 Å². The van der Waals surface area contributed by atoms with Crippen LogP contribution in [0.2, 0.25) is 0 Å². The standard InChI is InChI=1S/C24H35N3O4/c1-8-10-15-27(20(28)16-25-23(30)31-24(5,6)7)21(22(29)26-17(3)4)19-14-12-11-13-18(19)9-2/h2,11-14,17,21H,8,10,15-16H2,1,3-7H3,(H,25,30)(H,26,29). The van der Waals surface area contributed by atoms with E-state index in [1.54, 1.807) is 45.0 Å². The predicted octanol–water partition coefficient (Wildman–Crippen LogP) is 3.39. The summed E-state index contributed by atoms with van der Waals surface area (Å²) in [5, 5.41) is 5.37. The molecule has 0 fully saturated rings. The molecule has 0 aromatic heterocycles. The van der Waals surface area contributed by atoms with E-state index in [0.29, 0.717) is 24.1 Å². The lowest BCUT2D eigenvalue weighted by atomic mass is 9.97. The summed E-state index contributed by atoms with van der Waals surface area (Å²) in [6, 6.07) is 6.05. The second kappa shape index (κ2) is 12.0. The van der Waals surface area contributed by atoms with Gasteiger partial charge in [-0.05, 0) is 52.7 Å². The van der Waals surface area contributed by atoms with Crippen LogP contribution >= 0.6 is 0 Å². The average molecular weight is 430 g/mol. The molecule has 0 saturated carbocycles. The van der Waals surface area contributed by atoms with Crippen LogP contribution in [0.25, 0.3) is 0 Å². The molecule has 1 aromatic carbocycles. The zero-order valence-electron chi connectivity index (χ0n) is 19.5. The molecule has 0 heterocycles. The number of amides is 3. The Balaban J connectivity index is 3.25. The number of terminal acetylenes is 1. The van der Waals surface area contributed by atoms with Gasteiger partial charge in [-0.3, -0.25) is 9.59 Å². The van der Waals surface area contributed by atoms with Crippen LogP contribution in [0.3, 0.4) is 0 Å². The average Bonchev–Trinajstić information content (AvgIpc) is 2.67. The highest BCUT2D eigenvalue weighted by atomic mass is 16.6. The number of carbonyl (C=O) groups is 3. The Morgan fingerprint density at radius 3 is 2.39 bits per heavy atom. The summed E-state index contributed by atoms with van der Waals surface area (Å²) in [7, 11) is 0. The Labute approximate surface area is 185 Å². The van der Waals surface area contributed by atoms with Crippen molar-refractivity contribution in [2.45, 2.75) is 72.1 Å². The van der Waals surface area contributed by atoms with Gasteiger partial charge in [0.25, 0.3) is 0 Å². The minimum Gasteiger partial charge on any atom is -0.444 e. The number of alkyl carbamates (subject to hydrolysis) is 1. The molecular formula is C24H35N3O4. The van der Waals surface area contributed by atoms with E-state index in [1.807, 2.05) is 20.8 Å². The van der Waals surface area contributed by atoms with Gasteiger partial charge in [-0.2, -0.15) is 0 Å². The van der Waals surface area contributed by atoms with Crippen LogP contribution in [0.4, 0.5) is 4.79 Å². The van der Waals surface area contributed by atoms with Crippen molar-refractivity contribution in [1.29, 1.82) is 0 Å². The van der Waals surface area contributed by atoms with Crippen molar-refractivity contribution in [2.75, 3.05) is 13.1 Å². The fraction of sp³-hybridized carbons (Fsp3) is 0.542. The van der Waals surface area contributed by atoms with Crippen LogP contribution in [-0.4, -0.2) is 47.5 Å². The van der Waals surface area contributed by atoms with E-state index in [0.717, 1.165) is 6.42 Å². The summed E-state index contributed by atoms with van der Waals surface area (Å²) < 4.78 is 5.20. The molecular weight excluding hydrogens is 394 g/mol. The number of benzene rings is 1. The fourth-order valence-corrected chi connectivity index (χ4v) is 2.97. The molecule has 0 spiro atoms. The molecule has 0 radical (unpaired) electrons. The molecule has 0 aliphatic heterocycles. The normalized spacial score (nSPS) is 11.9. The number of hydrogen-bond donors (Lipinski definition) is 2. The minimum absolute atomic E-state index is 0.115. The third-order valence-electron chi connectivity index (χ3n) is 4.26. The summed E-state index contributed by atoms with van der Waals surface area (Å²) in [5.74, 6) is 1.89. The van der Waals surface area contributed by atoms with Crippen molar-refractivity contribution in [3.8, 4) is 12.3 Å². The molecule has 0 saturated heterocycles. The summed E-state index contributed by atoms with van der Waals surface area (Å²) in [6.45, 7) is 11.0. The van der Waals surface area contributed by atoms with Crippen molar-refractivity contribution < 1.29 is 19.1 Å². The monoisotopic (exact) mass is 429 g/mol. The zero-order valence-corrected chi connectivity index (χ0v) is 19.5. The highest BCUT2D eigenvalue weighted by Gasteiger charge is 2.33. The molecule has 1 atom stereocenters. The largest absolute Gasteiger partial charge is 0.444 e. The van der Waals surface area contributed by atoms with Crippen LogP contribution in [0.1, 0.15) is 71.6 Å². The van der Waals surface area contributed by atoms with Gasteiger partial charge >= 0.3 is 6.09 Å². The maximum Gasteiger partial charge on any atom is 0.408 e. The second-order valence-electron chi connectivity index (χ2n) is 8.59. The highest BCUT2D eigenvalue weighted by molar-refractivity contribution is 5.91. The first-order chi connectivity index (χ1) is 14.5. The molecule has 7 nitrogen and oxygen atoms in total. The van der Waals surface area contributed by atoms with Gasteiger partial charge in [0.2, 0.25) is 11.8 Å². The van der Waals surface area contributed by atoms with Gasteiger partial charge in [-0.15, -0.1) is 6.42 Å². The molecule has 170 valence electrons. The van der Waals surface area contributed by atoms with E-state index in [4.69, 9.17) is 11.2 Å². The number of hydrogen-bond acceptors (Lipinski definition) is 4. The molecule has 0 aliphatic rings. The zero-order chi connectivity index (χ0) is 23.6. The molecule has 3 amide bonds. The lowest BCUT2D eigenvalue weighted by Gasteiger charge is -2.32. The summed E-state index contributed by atoms with van der Waals surface area (Å²) in [5.41, 5.74) is 0.436. The molecule has 7 heteroatoms. The molecule has 1 rings (SSSR count). The highest BCUT2D eigenvalue weighted by Crippen LogP contribution is 2.25. The second-order valence-corrected chi connectivity index (χ2v) is 8.59. The summed E-state index contributed by atoms with van der Waals surface area (Å²) >= 11 is 0. The van der Waals surface area contributed by atoms with Crippen LogP contribution in [0, 0.1) is 12.3 Å². The van der Waals surface area contributed by atoms with Crippen molar-refractivity contribution in [3.63, 3.8) is 0 Å². The molecule has 31 heavy (non-hydrogen) atoms. The number of ether oxygens (including phenoxy) is 1. The maximum atomic E-state index is 13.2. The topological polar surface area (TPSA) is 87.7 Å². The van der Waals surface area contributed by atoms with Gasteiger partial charge in [0.1, 0.15) is 18.2 Å². The summed E-state index contributed by atoms with van der Waals surface area (Å²) in [6.07, 6.45) is 6.50. The smallest absolute Gasteiger partial charge is 0.408 e. The molecule has 0 aliphatic carbocycles. The Morgan fingerprint density at radius 1 is 1.19 bits per heavy atom. The Kier molecular flexibility index (Phi) is 10.1. The van der Waals surface area contributed by atoms with Gasteiger partial charge in [-0.1, -0.05) is 37.5 Å². The maximum absolute atomic E-state index is 13.2. The van der Waals surface area contributed by atoms with Gasteiger partial charge in [0, 0.05) is 18.2 Å². The Bertz CT molecular complexity index is 806. The van der Waals surface area contributed by atoms with E-state index < -0.39 is 23.6 Å². The van der Waals surface area contributed by atoms with Crippen molar-refractivity contribution in [3.05, 3.63) is 35.4 Å². The Hall–Kier alpha value is -3.01. The van der Waals surface area contributed by atoms with Gasteiger partial charge in [-0.25, -0.2) is 4.79 Å². The predicted molar refractivity (Wildman–Crippen MR) is 121 cm³/mol. The number of unbranched alkanes of at least 4 members (excludes halogenated alkanes) is 1. The van der Waals surface area contributed by atoms with Crippen LogP contribution in [0.5, 0.6) is 0 Å². The third-order valence-corrected chi connectivity index (χ3v) is 4.26. The van der Waals surface area contributed by atoms with Gasteiger partial charge in [0.15, 0.2) is 0 Å². The molecule has 1 aromatic rings. The third kappa shape index (κ3) is 8.71. The number of nitrogens with one attached hydrogen (secondary N) is 2. The number of nitrogens with zero attached hydrogens (tertiary/aromatic N) is 1. The van der Waals surface area contributed by atoms with Gasteiger partial charge in [0.05, 0.1) is 0 Å².